The van der Waals surface area contributed by atoms with E-state index in [0.29, 0.717) is 6.54 Å². The van der Waals surface area contributed by atoms with Crippen LogP contribution in [0.25, 0.3) is 0 Å². The van der Waals surface area contributed by atoms with E-state index in [0.717, 1.165) is 37.2 Å². The molecule has 1 amide bonds. The molecule has 104 valence electrons. The molecule has 1 aromatic carbocycles. The summed E-state index contributed by atoms with van der Waals surface area (Å²) in [6, 6.07) is 7.74. The molecule has 0 spiro atoms. The van der Waals surface area contributed by atoms with Crippen molar-refractivity contribution in [2.75, 3.05) is 31.6 Å². The van der Waals surface area contributed by atoms with Gasteiger partial charge in [-0.25, -0.2) is 0 Å². The lowest BCUT2D eigenvalue weighted by molar-refractivity contribution is -0.117. The summed E-state index contributed by atoms with van der Waals surface area (Å²) in [6.07, 6.45) is 1.71. The number of benzene rings is 1. The van der Waals surface area contributed by atoms with E-state index < -0.39 is 0 Å². The fourth-order valence-electron chi connectivity index (χ4n) is 2.40. The molecule has 1 aliphatic heterocycles. The summed E-state index contributed by atoms with van der Waals surface area (Å²) < 4.78 is 12.5. The van der Waals surface area contributed by atoms with Crippen LogP contribution in [-0.4, -0.2) is 37.1 Å². The highest BCUT2D eigenvalue weighted by molar-refractivity contribution is 5.92. The first kappa shape index (κ1) is 14.0. The molecule has 1 aromatic rings. The normalized spacial score (nSPS) is 17.4. The van der Waals surface area contributed by atoms with Crippen LogP contribution >= 0.6 is 0 Å². The average Bonchev–Trinajstić information content (AvgIpc) is 2.42. The number of halogens is 1. The van der Waals surface area contributed by atoms with Gasteiger partial charge >= 0.3 is 0 Å². The Morgan fingerprint density at radius 2 is 2.05 bits per heavy atom. The second-order valence-electron chi connectivity index (χ2n) is 5.24. The number of anilines is 1. The highest BCUT2D eigenvalue weighted by Gasteiger charge is 2.20. The fourth-order valence-corrected chi connectivity index (χ4v) is 2.40. The molecule has 2 rings (SSSR count). The van der Waals surface area contributed by atoms with Crippen molar-refractivity contribution in [3.8, 4) is 0 Å². The van der Waals surface area contributed by atoms with Crippen LogP contribution in [0.5, 0.6) is 0 Å². The summed E-state index contributed by atoms with van der Waals surface area (Å²) in [5.41, 5.74) is 1.93. The van der Waals surface area contributed by atoms with Crippen molar-refractivity contribution in [2.24, 2.45) is 5.92 Å². The van der Waals surface area contributed by atoms with Gasteiger partial charge in [0.2, 0.25) is 5.91 Å². The van der Waals surface area contributed by atoms with Crippen LogP contribution in [0, 0.1) is 12.8 Å². The number of nitrogens with one attached hydrogen (secondary N) is 1. The van der Waals surface area contributed by atoms with Crippen LogP contribution in [0.3, 0.4) is 0 Å². The first-order valence-corrected chi connectivity index (χ1v) is 6.83. The number of nitrogens with zero attached hydrogens (tertiary/aromatic N) is 1. The van der Waals surface area contributed by atoms with Crippen LogP contribution < -0.4 is 5.32 Å². The molecule has 1 aliphatic rings. The lowest BCUT2D eigenvalue weighted by Gasteiger charge is -2.30. The fraction of sp³-hybridized carbons (Fsp3) is 0.533. The number of carbonyl (C=O) groups excluding carboxylic acids is 1. The molecule has 0 bridgehead atoms. The van der Waals surface area contributed by atoms with Gasteiger partial charge in [-0.15, -0.1) is 0 Å². The van der Waals surface area contributed by atoms with E-state index in [2.05, 4.69) is 10.2 Å². The first-order valence-electron chi connectivity index (χ1n) is 6.83. The number of para-hydroxylation sites is 1. The number of hydrogen-bond acceptors (Lipinski definition) is 2. The Kier molecular flexibility index (Phi) is 4.91. The molecule has 0 aromatic heterocycles. The van der Waals surface area contributed by atoms with Crippen molar-refractivity contribution in [1.82, 2.24) is 4.90 Å². The van der Waals surface area contributed by atoms with E-state index >= 15 is 0 Å². The number of hydrogen-bond donors (Lipinski definition) is 1. The highest BCUT2D eigenvalue weighted by atomic mass is 19.1. The van der Waals surface area contributed by atoms with E-state index in [4.69, 9.17) is 0 Å². The summed E-state index contributed by atoms with van der Waals surface area (Å²) in [5.74, 6) is 0.198. The summed E-state index contributed by atoms with van der Waals surface area (Å²) in [5, 5.41) is 2.93. The van der Waals surface area contributed by atoms with Crippen LogP contribution in [0.2, 0.25) is 0 Å². The molecule has 1 fully saturated rings. The molecule has 4 heteroatoms. The average molecular weight is 264 g/mol. The van der Waals surface area contributed by atoms with Gasteiger partial charge in [0, 0.05) is 5.69 Å². The third-order valence-electron chi connectivity index (χ3n) is 3.71. The third kappa shape index (κ3) is 4.03. The maximum atomic E-state index is 12.5. The molecule has 1 saturated heterocycles. The minimum Gasteiger partial charge on any atom is -0.325 e. The Bertz CT molecular complexity index is 428. The first-order chi connectivity index (χ1) is 9.19. The Hall–Kier alpha value is -1.42. The summed E-state index contributed by atoms with van der Waals surface area (Å²) >= 11 is 0. The molecule has 0 aliphatic carbocycles. The molecule has 3 nitrogen and oxygen atoms in total. The Labute approximate surface area is 113 Å². The van der Waals surface area contributed by atoms with Crippen molar-refractivity contribution in [2.45, 2.75) is 19.8 Å². The lowest BCUT2D eigenvalue weighted by Crippen LogP contribution is -2.39. The van der Waals surface area contributed by atoms with Gasteiger partial charge in [-0.1, -0.05) is 18.2 Å². The Morgan fingerprint density at radius 3 is 2.68 bits per heavy atom. The van der Waals surface area contributed by atoms with Gasteiger partial charge in [0.15, 0.2) is 0 Å². The van der Waals surface area contributed by atoms with Gasteiger partial charge in [-0.3, -0.25) is 14.1 Å². The van der Waals surface area contributed by atoms with Crippen LogP contribution in [0.15, 0.2) is 24.3 Å². The van der Waals surface area contributed by atoms with Crippen molar-refractivity contribution in [3.63, 3.8) is 0 Å². The maximum Gasteiger partial charge on any atom is 0.238 e. The Balaban J connectivity index is 1.81. The topological polar surface area (TPSA) is 32.3 Å². The third-order valence-corrected chi connectivity index (χ3v) is 3.71. The predicted octanol–water partition coefficient (Wildman–Crippen LogP) is 2.62. The molecular weight excluding hydrogens is 243 g/mol. The monoisotopic (exact) mass is 264 g/mol. The van der Waals surface area contributed by atoms with Crippen LogP contribution in [0.4, 0.5) is 10.1 Å². The summed E-state index contributed by atoms with van der Waals surface area (Å²) in [7, 11) is 0. The predicted molar refractivity (Wildman–Crippen MR) is 74.9 cm³/mol. The van der Waals surface area contributed by atoms with Gasteiger partial charge in [0.25, 0.3) is 0 Å². The van der Waals surface area contributed by atoms with Crippen molar-refractivity contribution < 1.29 is 9.18 Å². The van der Waals surface area contributed by atoms with Gasteiger partial charge in [0.1, 0.15) is 0 Å². The van der Waals surface area contributed by atoms with Gasteiger partial charge in [0.05, 0.1) is 13.2 Å². The molecule has 0 atom stereocenters. The van der Waals surface area contributed by atoms with Gasteiger partial charge in [-0.2, -0.15) is 0 Å². The lowest BCUT2D eigenvalue weighted by atomic mass is 9.98. The second kappa shape index (κ2) is 6.66. The second-order valence-corrected chi connectivity index (χ2v) is 5.24. The van der Waals surface area contributed by atoms with Crippen molar-refractivity contribution in [3.05, 3.63) is 29.8 Å². The zero-order chi connectivity index (χ0) is 13.7. The minimum atomic E-state index is -0.233. The van der Waals surface area contributed by atoms with Crippen molar-refractivity contribution in [1.29, 1.82) is 0 Å². The number of rotatable bonds is 4. The number of likely N-dealkylation sites (tertiary alicyclic amines) is 1. The summed E-state index contributed by atoms with van der Waals surface area (Å²) in [6.45, 7) is 3.77. The largest absolute Gasteiger partial charge is 0.325 e. The maximum absolute atomic E-state index is 12.5. The number of carbonyl (C=O) groups is 1. The molecular formula is C15H21FN2O. The number of aryl methyl sites for hydroxylation is 1. The standard InChI is InChI=1S/C15H21FN2O/c1-12-4-2-3-5-14(12)17-15(19)11-18-8-6-13(10-16)7-9-18/h2-5,13H,6-11H2,1H3,(H,17,19). The van der Waals surface area contributed by atoms with E-state index in [1.807, 2.05) is 31.2 Å². The quantitative estimate of drug-likeness (QED) is 0.906. The molecule has 19 heavy (non-hydrogen) atoms. The summed E-state index contributed by atoms with van der Waals surface area (Å²) in [4.78, 5) is 14.1. The van der Waals surface area contributed by atoms with E-state index in [9.17, 15) is 9.18 Å². The molecule has 0 radical (unpaired) electrons. The van der Waals surface area contributed by atoms with Crippen LogP contribution in [0.1, 0.15) is 18.4 Å². The zero-order valence-corrected chi connectivity index (χ0v) is 11.4. The van der Waals surface area contributed by atoms with Crippen molar-refractivity contribution >= 4 is 11.6 Å². The van der Waals surface area contributed by atoms with E-state index in [-0.39, 0.29) is 18.5 Å². The number of alkyl halides is 1. The van der Waals surface area contributed by atoms with Crippen LogP contribution in [-0.2, 0) is 4.79 Å². The van der Waals surface area contributed by atoms with Gasteiger partial charge < -0.3 is 5.32 Å². The SMILES string of the molecule is Cc1ccccc1NC(=O)CN1CCC(CF)CC1. The zero-order valence-electron chi connectivity index (χ0n) is 11.4. The Morgan fingerprint density at radius 1 is 1.37 bits per heavy atom. The minimum absolute atomic E-state index is 0.00741. The number of piperidine rings is 1. The van der Waals surface area contributed by atoms with E-state index in [1.54, 1.807) is 0 Å². The smallest absolute Gasteiger partial charge is 0.238 e. The molecule has 0 saturated carbocycles. The van der Waals surface area contributed by atoms with E-state index in [1.165, 1.54) is 0 Å². The molecule has 0 unspecified atom stereocenters. The highest BCUT2D eigenvalue weighted by Crippen LogP contribution is 2.18. The molecule has 1 N–H and O–H groups in total. The molecule has 1 heterocycles. The number of amides is 1. The van der Waals surface area contributed by atoms with Gasteiger partial charge in [-0.05, 0) is 50.4 Å².